The van der Waals surface area contributed by atoms with Crippen molar-refractivity contribution >= 4 is 21.9 Å². The lowest BCUT2D eigenvalue weighted by molar-refractivity contribution is -0.384. The molecule has 2 rings (SSSR count). The van der Waals surface area contributed by atoms with Gasteiger partial charge in [-0.3, -0.25) is 10.1 Å². The van der Waals surface area contributed by atoms with Crippen molar-refractivity contribution in [3.63, 3.8) is 0 Å². The Morgan fingerprint density at radius 2 is 1.91 bits per heavy atom. The van der Waals surface area contributed by atoms with Crippen molar-refractivity contribution in [2.45, 2.75) is 31.2 Å². The van der Waals surface area contributed by atoms with Gasteiger partial charge in [0.1, 0.15) is 0 Å². The summed E-state index contributed by atoms with van der Waals surface area (Å²) in [6, 6.07) is 1.86. The van der Waals surface area contributed by atoms with E-state index in [1.807, 2.05) is 0 Å². The Morgan fingerprint density at radius 3 is 2.43 bits per heavy atom. The summed E-state index contributed by atoms with van der Waals surface area (Å²) in [6.45, 7) is 3.35. The maximum Gasteiger partial charge on any atom is 0.534 e. The highest BCUT2D eigenvalue weighted by molar-refractivity contribution is 7.88. The van der Waals surface area contributed by atoms with E-state index in [0.29, 0.717) is 12.5 Å². The maximum atomic E-state index is 12.5. The molecule has 0 radical (unpaired) electrons. The van der Waals surface area contributed by atoms with Gasteiger partial charge in [0.15, 0.2) is 5.75 Å². The number of nitrogens with zero attached hydrogens (tertiary/aromatic N) is 1. The molecule has 1 aromatic carbocycles. The number of allylic oxidation sites excluding steroid dienone is 1. The van der Waals surface area contributed by atoms with Gasteiger partial charge in [-0.2, -0.15) is 21.6 Å². The first kappa shape index (κ1) is 17.3. The van der Waals surface area contributed by atoms with Gasteiger partial charge in [0.25, 0.3) is 5.69 Å². The van der Waals surface area contributed by atoms with Crippen molar-refractivity contribution in [2.75, 3.05) is 0 Å². The summed E-state index contributed by atoms with van der Waals surface area (Å²) in [4.78, 5) is 10.1. The van der Waals surface area contributed by atoms with Gasteiger partial charge in [-0.25, -0.2) is 0 Å². The molecule has 0 spiro atoms. The van der Waals surface area contributed by atoms with E-state index in [-0.39, 0.29) is 11.1 Å². The van der Waals surface area contributed by atoms with Gasteiger partial charge in [-0.15, -0.1) is 0 Å². The van der Waals surface area contributed by atoms with E-state index in [2.05, 4.69) is 4.18 Å². The average Bonchev–Trinajstić information content (AvgIpc) is 2.35. The molecule has 0 aliphatic heterocycles. The standard InChI is InChI=1S/C13H12F3NO5S/c1-12(2)5-3-4-8-6-9(17(18)19)7-10(11(8)12)22-23(20,21)13(14,15)16/h3-4,6-7H,5H2,1-2H3. The minimum Gasteiger partial charge on any atom is -0.375 e. The number of nitro groups is 1. The van der Waals surface area contributed by atoms with Crippen LogP contribution in [0, 0.1) is 10.1 Å². The molecule has 1 aromatic rings. The molecule has 23 heavy (non-hydrogen) atoms. The zero-order valence-corrected chi connectivity index (χ0v) is 12.9. The molecule has 0 aromatic heterocycles. The topological polar surface area (TPSA) is 86.5 Å². The fourth-order valence-corrected chi connectivity index (χ4v) is 2.86. The van der Waals surface area contributed by atoms with Gasteiger partial charge in [0, 0.05) is 11.6 Å². The summed E-state index contributed by atoms with van der Waals surface area (Å²) in [5.41, 5.74) is -6.49. The molecule has 0 fully saturated rings. The highest BCUT2D eigenvalue weighted by atomic mass is 32.2. The number of hydrogen-bond donors (Lipinski definition) is 0. The Kier molecular flexibility index (Phi) is 3.92. The van der Waals surface area contributed by atoms with Crippen molar-refractivity contribution in [2.24, 2.45) is 0 Å². The molecule has 0 heterocycles. The molecule has 0 saturated heterocycles. The van der Waals surface area contributed by atoms with Crippen LogP contribution in [-0.4, -0.2) is 18.8 Å². The van der Waals surface area contributed by atoms with Crippen LogP contribution in [0.4, 0.5) is 18.9 Å². The number of alkyl halides is 3. The molecular weight excluding hydrogens is 339 g/mol. The summed E-state index contributed by atoms with van der Waals surface area (Å²) >= 11 is 0. The monoisotopic (exact) mass is 351 g/mol. The number of benzene rings is 1. The van der Waals surface area contributed by atoms with Gasteiger partial charge in [-0.05, 0) is 17.4 Å². The summed E-state index contributed by atoms with van der Waals surface area (Å²) in [5.74, 6) is -0.680. The number of fused-ring (bicyclic) bond motifs is 1. The van der Waals surface area contributed by atoms with Crippen molar-refractivity contribution in [1.29, 1.82) is 0 Å². The maximum absolute atomic E-state index is 12.5. The second-order valence-corrected chi connectivity index (χ2v) is 7.18. The van der Waals surface area contributed by atoms with E-state index in [1.54, 1.807) is 19.9 Å². The van der Waals surface area contributed by atoms with Crippen LogP contribution in [0.15, 0.2) is 18.2 Å². The second-order valence-electron chi connectivity index (χ2n) is 5.64. The Hall–Kier alpha value is -2.10. The van der Waals surface area contributed by atoms with Crippen molar-refractivity contribution in [1.82, 2.24) is 0 Å². The van der Waals surface area contributed by atoms with E-state index in [0.717, 1.165) is 0 Å². The molecule has 0 unspecified atom stereocenters. The van der Waals surface area contributed by atoms with E-state index in [4.69, 9.17) is 0 Å². The third-order valence-corrected chi connectivity index (χ3v) is 4.38. The second kappa shape index (κ2) is 5.22. The Morgan fingerprint density at radius 1 is 1.30 bits per heavy atom. The predicted octanol–water partition coefficient (Wildman–Crippen LogP) is 3.52. The third-order valence-electron chi connectivity index (χ3n) is 3.41. The molecule has 6 nitrogen and oxygen atoms in total. The normalized spacial score (nSPS) is 16.7. The molecule has 126 valence electrons. The van der Waals surface area contributed by atoms with Crippen molar-refractivity contribution in [3.8, 4) is 5.75 Å². The van der Waals surface area contributed by atoms with Crippen molar-refractivity contribution in [3.05, 3.63) is 39.4 Å². The molecule has 0 atom stereocenters. The first-order chi connectivity index (χ1) is 10.3. The van der Waals surface area contributed by atoms with E-state index in [9.17, 15) is 31.7 Å². The van der Waals surface area contributed by atoms with Gasteiger partial charge >= 0.3 is 15.6 Å². The lowest BCUT2D eigenvalue weighted by Gasteiger charge is -2.30. The Balaban J connectivity index is 2.70. The van der Waals surface area contributed by atoms with E-state index < -0.39 is 37.4 Å². The first-order valence-electron chi connectivity index (χ1n) is 6.35. The molecule has 0 N–H and O–H groups in total. The average molecular weight is 351 g/mol. The Labute approximate surface area is 129 Å². The number of hydrogen-bond acceptors (Lipinski definition) is 5. The van der Waals surface area contributed by atoms with Gasteiger partial charge in [-0.1, -0.05) is 26.0 Å². The van der Waals surface area contributed by atoms with Crippen LogP contribution < -0.4 is 4.18 Å². The van der Waals surface area contributed by atoms with Crippen LogP contribution in [0.1, 0.15) is 31.4 Å². The highest BCUT2D eigenvalue weighted by Gasteiger charge is 2.49. The van der Waals surface area contributed by atoms with Crippen LogP contribution in [0.3, 0.4) is 0 Å². The lowest BCUT2D eigenvalue weighted by atomic mass is 9.75. The zero-order valence-electron chi connectivity index (χ0n) is 12.0. The minimum atomic E-state index is -5.92. The summed E-state index contributed by atoms with van der Waals surface area (Å²) in [5, 5.41) is 10.9. The zero-order chi connectivity index (χ0) is 17.6. The van der Waals surface area contributed by atoms with Crippen LogP contribution in [-0.2, 0) is 15.5 Å². The first-order valence-corrected chi connectivity index (χ1v) is 7.76. The molecule has 0 bridgehead atoms. The lowest BCUT2D eigenvalue weighted by Crippen LogP contribution is -2.30. The van der Waals surface area contributed by atoms with Crippen LogP contribution in [0.5, 0.6) is 5.75 Å². The van der Waals surface area contributed by atoms with Crippen molar-refractivity contribution < 1.29 is 30.7 Å². The van der Waals surface area contributed by atoms with Crippen LogP contribution in [0.25, 0.3) is 6.08 Å². The number of halogens is 3. The van der Waals surface area contributed by atoms with E-state index >= 15 is 0 Å². The van der Waals surface area contributed by atoms with Gasteiger partial charge in [0.05, 0.1) is 11.0 Å². The number of rotatable bonds is 3. The quantitative estimate of drug-likeness (QED) is 0.360. The van der Waals surface area contributed by atoms with E-state index in [1.165, 1.54) is 12.1 Å². The van der Waals surface area contributed by atoms with Gasteiger partial charge < -0.3 is 4.18 Å². The number of non-ortho nitro benzene ring substituents is 1. The molecule has 1 aliphatic carbocycles. The Bertz CT molecular complexity index is 797. The SMILES string of the molecule is CC1(C)CC=Cc2cc([N+](=O)[O-])cc(OS(=O)(=O)C(F)(F)F)c21. The van der Waals surface area contributed by atoms with Crippen LogP contribution in [0.2, 0.25) is 0 Å². The molecular formula is C13H12F3NO5S. The fourth-order valence-electron chi connectivity index (χ4n) is 2.40. The summed E-state index contributed by atoms with van der Waals surface area (Å²) < 4.78 is 64.4. The molecule has 10 heteroatoms. The highest BCUT2D eigenvalue weighted by Crippen LogP contribution is 2.44. The molecule has 1 aliphatic rings. The fraction of sp³-hybridized carbons (Fsp3) is 0.385. The molecule has 0 saturated carbocycles. The third kappa shape index (κ3) is 3.16. The summed E-state index contributed by atoms with van der Waals surface area (Å²) in [6.07, 6.45) is 3.61. The molecule has 0 amide bonds. The van der Waals surface area contributed by atoms with Crippen LogP contribution >= 0.6 is 0 Å². The largest absolute Gasteiger partial charge is 0.534 e. The minimum absolute atomic E-state index is 0.179. The predicted molar refractivity (Wildman–Crippen MR) is 75.4 cm³/mol. The summed E-state index contributed by atoms with van der Waals surface area (Å²) in [7, 11) is -5.92. The smallest absolute Gasteiger partial charge is 0.375 e. The number of nitro benzene ring substituents is 1. The van der Waals surface area contributed by atoms with Gasteiger partial charge in [0.2, 0.25) is 0 Å².